The number of fused-ring (bicyclic) bond motifs is 1. The maximum Gasteiger partial charge on any atom is 0.260 e. The van der Waals surface area contributed by atoms with Crippen LogP contribution in [0.5, 0.6) is 5.75 Å². The summed E-state index contributed by atoms with van der Waals surface area (Å²) in [4.78, 5) is 17.7. The van der Waals surface area contributed by atoms with Crippen LogP contribution in [0.2, 0.25) is 0 Å². The number of aromatic amines is 1. The fraction of sp³-hybridized carbons (Fsp3) is 0.261. The van der Waals surface area contributed by atoms with E-state index < -0.39 is 0 Å². The molecule has 0 radical (unpaired) electrons. The Labute approximate surface area is 159 Å². The molecule has 1 aliphatic rings. The van der Waals surface area contributed by atoms with Crippen molar-refractivity contribution in [3.05, 3.63) is 71.9 Å². The third kappa shape index (κ3) is 3.75. The predicted octanol–water partition coefficient (Wildman–Crippen LogP) is 4.43. The summed E-state index contributed by atoms with van der Waals surface area (Å²) in [5, 5.41) is 1.24. The Morgan fingerprint density at radius 2 is 1.96 bits per heavy atom. The van der Waals surface area contributed by atoms with Crippen LogP contribution in [-0.4, -0.2) is 35.5 Å². The molecule has 0 spiro atoms. The van der Waals surface area contributed by atoms with Crippen molar-refractivity contribution in [2.24, 2.45) is 0 Å². The Morgan fingerprint density at radius 1 is 1.15 bits per heavy atom. The number of carbonyl (C=O) groups excluding carboxylic acids is 1. The molecule has 0 fully saturated rings. The van der Waals surface area contributed by atoms with Crippen molar-refractivity contribution < 1.29 is 9.53 Å². The number of benzene rings is 2. The molecule has 1 aromatic heterocycles. The minimum atomic E-state index is 0.0313. The quantitative estimate of drug-likeness (QED) is 0.732. The zero-order chi connectivity index (χ0) is 18.6. The zero-order valence-electron chi connectivity index (χ0n) is 15.6. The van der Waals surface area contributed by atoms with E-state index in [1.807, 2.05) is 35.2 Å². The first-order chi connectivity index (χ1) is 13.2. The van der Waals surface area contributed by atoms with Gasteiger partial charge in [-0.15, -0.1) is 0 Å². The second kappa shape index (κ2) is 7.70. The van der Waals surface area contributed by atoms with Crippen molar-refractivity contribution in [3.63, 3.8) is 0 Å². The largest absolute Gasteiger partial charge is 0.484 e. The first-order valence-electron chi connectivity index (χ1n) is 9.49. The van der Waals surface area contributed by atoms with Gasteiger partial charge in [-0.2, -0.15) is 0 Å². The molecule has 0 saturated carbocycles. The normalized spacial score (nSPS) is 14.3. The molecule has 0 unspecified atom stereocenters. The molecule has 1 aliphatic heterocycles. The van der Waals surface area contributed by atoms with E-state index in [0.29, 0.717) is 6.54 Å². The molecule has 0 bridgehead atoms. The highest BCUT2D eigenvalue weighted by molar-refractivity contribution is 5.93. The molecule has 4 heteroatoms. The number of nitrogens with zero attached hydrogens (tertiary/aromatic N) is 1. The fourth-order valence-corrected chi connectivity index (χ4v) is 3.54. The lowest BCUT2D eigenvalue weighted by molar-refractivity contribution is -0.132. The highest BCUT2D eigenvalue weighted by Crippen LogP contribution is 2.29. The van der Waals surface area contributed by atoms with Gasteiger partial charge >= 0.3 is 0 Å². The van der Waals surface area contributed by atoms with Gasteiger partial charge in [0.2, 0.25) is 0 Å². The molecule has 2 aromatic carbocycles. The Balaban J connectivity index is 1.37. The van der Waals surface area contributed by atoms with Crippen LogP contribution in [-0.2, 0) is 11.2 Å². The fourth-order valence-electron chi connectivity index (χ4n) is 3.54. The number of H-pyrrole nitrogens is 1. The number of nitrogens with one attached hydrogen (secondary N) is 1. The molecular weight excluding hydrogens is 336 g/mol. The van der Waals surface area contributed by atoms with Gasteiger partial charge in [-0.25, -0.2) is 0 Å². The number of ether oxygens (including phenoxy) is 1. The summed E-state index contributed by atoms with van der Waals surface area (Å²) in [5.41, 5.74) is 4.95. The van der Waals surface area contributed by atoms with Gasteiger partial charge in [0.25, 0.3) is 5.91 Å². The number of carbonyl (C=O) groups is 1. The number of para-hydroxylation sites is 1. The molecule has 0 aliphatic carbocycles. The maximum absolute atomic E-state index is 12.5. The number of aryl methyl sites for hydroxylation is 1. The van der Waals surface area contributed by atoms with Gasteiger partial charge in [0.15, 0.2) is 6.61 Å². The first kappa shape index (κ1) is 17.4. The topological polar surface area (TPSA) is 45.3 Å². The predicted molar refractivity (Wildman–Crippen MR) is 109 cm³/mol. The van der Waals surface area contributed by atoms with E-state index in [1.54, 1.807) is 0 Å². The average molecular weight is 360 g/mol. The molecule has 4 nitrogen and oxygen atoms in total. The molecule has 3 aromatic rings. The Hall–Kier alpha value is -3.01. The standard InChI is InChI=1S/C23H24N2O2/c1-2-17-7-9-19(10-8-17)27-16-23(26)25-13-11-18(12-14-25)21-15-24-22-6-4-3-5-20(21)22/h3-11,15,24H,2,12-14,16H2,1H3. The number of hydrogen-bond acceptors (Lipinski definition) is 2. The van der Waals surface area contributed by atoms with Gasteiger partial charge in [0.05, 0.1) is 0 Å². The van der Waals surface area contributed by atoms with Crippen molar-refractivity contribution in [1.29, 1.82) is 0 Å². The van der Waals surface area contributed by atoms with Gasteiger partial charge in [-0.05, 0) is 42.2 Å². The molecule has 2 heterocycles. The van der Waals surface area contributed by atoms with E-state index in [2.05, 4.69) is 42.4 Å². The highest BCUT2D eigenvalue weighted by atomic mass is 16.5. The second-order valence-electron chi connectivity index (χ2n) is 6.85. The summed E-state index contributed by atoms with van der Waals surface area (Å²) in [6.45, 7) is 3.56. The van der Waals surface area contributed by atoms with Gasteiger partial charge in [0, 0.05) is 35.8 Å². The maximum atomic E-state index is 12.5. The molecule has 1 amide bonds. The van der Waals surface area contributed by atoms with Crippen LogP contribution in [0.25, 0.3) is 16.5 Å². The second-order valence-corrected chi connectivity index (χ2v) is 6.85. The van der Waals surface area contributed by atoms with Crippen LogP contribution < -0.4 is 4.74 Å². The molecule has 1 N–H and O–H groups in total. The number of rotatable bonds is 5. The monoisotopic (exact) mass is 360 g/mol. The van der Waals surface area contributed by atoms with Crippen LogP contribution in [0.15, 0.2) is 60.8 Å². The molecule has 0 saturated heterocycles. The minimum absolute atomic E-state index is 0.0313. The Morgan fingerprint density at radius 3 is 2.70 bits per heavy atom. The van der Waals surface area contributed by atoms with E-state index in [9.17, 15) is 4.79 Å². The smallest absolute Gasteiger partial charge is 0.260 e. The third-order valence-electron chi connectivity index (χ3n) is 5.19. The number of hydrogen-bond donors (Lipinski definition) is 1. The van der Waals surface area contributed by atoms with Crippen molar-refractivity contribution in [2.75, 3.05) is 19.7 Å². The number of amides is 1. The third-order valence-corrected chi connectivity index (χ3v) is 5.19. The van der Waals surface area contributed by atoms with Gasteiger partial charge < -0.3 is 14.6 Å². The van der Waals surface area contributed by atoms with Crippen LogP contribution in [0.3, 0.4) is 0 Å². The van der Waals surface area contributed by atoms with Crippen molar-refractivity contribution in [2.45, 2.75) is 19.8 Å². The van der Waals surface area contributed by atoms with Crippen LogP contribution >= 0.6 is 0 Å². The lowest BCUT2D eigenvalue weighted by Crippen LogP contribution is -2.37. The Kier molecular flexibility index (Phi) is 4.97. The average Bonchev–Trinajstić information content (AvgIpc) is 3.16. The first-order valence-corrected chi connectivity index (χ1v) is 9.49. The molecular formula is C23H24N2O2. The SMILES string of the molecule is CCc1ccc(OCC(=O)N2CC=C(c3c[nH]c4ccccc34)CC2)cc1. The van der Waals surface area contributed by atoms with E-state index >= 15 is 0 Å². The van der Waals surface area contributed by atoms with Crippen molar-refractivity contribution >= 4 is 22.4 Å². The highest BCUT2D eigenvalue weighted by Gasteiger charge is 2.19. The zero-order valence-corrected chi connectivity index (χ0v) is 15.6. The van der Waals surface area contributed by atoms with E-state index in [1.165, 1.54) is 22.1 Å². The van der Waals surface area contributed by atoms with Crippen LogP contribution in [0, 0.1) is 0 Å². The molecule has 0 atom stereocenters. The molecule has 138 valence electrons. The van der Waals surface area contributed by atoms with Crippen molar-refractivity contribution in [1.82, 2.24) is 9.88 Å². The summed E-state index contributed by atoms with van der Waals surface area (Å²) in [7, 11) is 0. The number of aromatic nitrogens is 1. The lowest BCUT2D eigenvalue weighted by Gasteiger charge is -2.26. The summed E-state index contributed by atoms with van der Waals surface area (Å²) in [6, 6.07) is 16.2. The summed E-state index contributed by atoms with van der Waals surface area (Å²) >= 11 is 0. The molecule has 4 rings (SSSR count). The van der Waals surface area contributed by atoms with E-state index in [4.69, 9.17) is 4.74 Å². The van der Waals surface area contributed by atoms with E-state index in [0.717, 1.165) is 30.7 Å². The summed E-state index contributed by atoms with van der Waals surface area (Å²) in [5.74, 6) is 0.774. The Bertz CT molecular complexity index is 969. The minimum Gasteiger partial charge on any atom is -0.484 e. The van der Waals surface area contributed by atoms with Gasteiger partial charge in [-0.1, -0.05) is 43.3 Å². The van der Waals surface area contributed by atoms with Crippen molar-refractivity contribution in [3.8, 4) is 5.75 Å². The van der Waals surface area contributed by atoms with Gasteiger partial charge in [-0.3, -0.25) is 4.79 Å². The molecule has 27 heavy (non-hydrogen) atoms. The van der Waals surface area contributed by atoms with Gasteiger partial charge in [0.1, 0.15) is 5.75 Å². The summed E-state index contributed by atoms with van der Waals surface area (Å²) in [6.07, 6.45) is 6.08. The lowest BCUT2D eigenvalue weighted by atomic mass is 9.99. The van der Waals surface area contributed by atoms with Crippen LogP contribution in [0.4, 0.5) is 0 Å². The van der Waals surface area contributed by atoms with Crippen LogP contribution in [0.1, 0.15) is 24.5 Å². The van der Waals surface area contributed by atoms with E-state index in [-0.39, 0.29) is 12.5 Å². The summed E-state index contributed by atoms with van der Waals surface area (Å²) < 4.78 is 5.66.